The van der Waals surface area contributed by atoms with E-state index >= 15 is 0 Å². The van der Waals surface area contributed by atoms with E-state index in [-0.39, 0.29) is 0 Å². The molecule has 0 amide bonds. The third-order valence-corrected chi connectivity index (χ3v) is 4.11. The molecule has 2 aromatic heterocycles. The summed E-state index contributed by atoms with van der Waals surface area (Å²) in [6.45, 7) is 1.79. The predicted octanol–water partition coefficient (Wildman–Crippen LogP) is 1.98. The fourth-order valence-electron chi connectivity index (χ4n) is 2.81. The van der Waals surface area contributed by atoms with Crippen LogP contribution in [0.2, 0.25) is 0 Å². The molecule has 0 radical (unpaired) electrons. The van der Waals surface area contributed by atoms with Crippen LogP contribution < -0.4 is 5.32 Å². The third kappa shape index (κ3) is 3.21. The summed E-state index contributed by atoms with van der Waals surface area (Å²) in [5.41, 5.74) is 1.06. The minimum atomic E-state index is 0.390. The van der Waals surface area contributed by atoms with Gasteiger partial charge >= 0.3 is 0 Å². The van der Waals surface area contributed by atoms with Crippen LogP contribution in [-0.2, 0) is 13.6 Å². The molecule has 3 heterocycles. The summed E-state index contributed by atoms with van der Waals surface area (Å²) in [6.07, 6.45) is 11.1. The zero-order chi connectivity index (χ0) is 14.7. The van der Waals surface area contributed by atoms with Gasteiger partial charge in [0.05, 0.1) is 30.7 Å². The smallest absolute Gasteiger partial charge is 0.145 e. The lowest BCUT2D eigenvalue weighted by molar-refractivity contribution is 0.183. The average Bonchev–Trinajstić information content (AvgIpc) is 2.91. The normalized spacial score (nSPS) is 19.6. The van der Waals surface area contributed by atoms with Crippen LogP contribution >= 0.6 is 0 Å². The van der Waals surface area contributed by atoms with Crippen molar-refractivity contribution in [3.8, 4) is 0 Å². The lowest BCUT2D eigenvalue weighted by Crippen LogP contribution is -2.30. The lowest BCUT2D eigenvalue weighted by atomic mass is 10.0. The van der Waals surface area contributed by atoms with E-state index in [4.69, 9.17) is 4.98 Å². The van der Waals surface area contributed by atoms with Crippen LogP contribution in [0.15, 0.2) is 24.8 Å². The topological polar surface area (TPSA) is 58.9 Å². The summed E-state index contributed by atoms with van der Waals surface area (Å²) in [4.78, 5) is 15.7. The number of nitrogens with zero attached hydrogens (tertiary/aromatic N) is 5. The van der Waals surface area contributed by atoms with Crippen LogP contribution in [0.5, 0.6) is 0 Å². The molecule has 6 nitrogen and oxygen atoms in total. The molecule has 3 rings (SSSR count). The molecule has 1 N–H and O–H groups in total. The van der Waals surface area contributed by atoms with E-state index < -0.39 is 0 Å². The van der Waals surface area contributed by atoms with Gasteiger partial charge in [-0.15, -0.1) is 0 Å². The monoisotopic (exact) mass is 286 g/mol. The van der Waals surface area contributed by atoms with Gasteiger partial charge < -0.3 is 9.88 Å². The van der Waals surface area contributed by atoms with Gasteiger partial charge in [0.25, 0.3) is 0 Å². The summed E-state index contributed by atoms with van der Waals surface area (Å²) >= 11 is 0. The molecular weight excluding hydrogens is 264 g/mol. The number of aryl methyl sites for hydroxylation is 1. The zero-order valence-corrected chi connectivity index (χ0v) is 12.7. The Morgan fingerprint density at radius 1 is 1.29 bits per heavy atom. The van der Waals surface area contributed by atoms with E-state index in [0.717, 1.165) is 30.3 Å². The lowest BCUT2D eigenvalue weighted by Gasteiger charge is -2.31. The standard InChI is InChI=1S/C15H22N6/c1-20-7-4-3-5-13(20)12-9-16-10-14(19-12)18-11-15-17-6-8-21(15)2/h6,8-10,13H,3-5,7,11H2,1-2H3,(H,18,19)/t13-/m1/s1. The second-order valence-electron chi connectivity index (χ2n) is 5.63. The van der Waals surface area contributed by atoms with Gasteiger partial charge in [0.1, 0.15) is 11.6 Å². The first kappa shape index (κ1) is 14.0. The second-order valence-corrected chi connectivity index (χ2v) is 5.63. The first-order valence-electron chi connectivity index (χ1n) is 7.46. The van der Waals surface area contributed by atoms with E-state index in [9.17, 15) is 0 Å². The highest BCUT2D eigenvalue weighted by atomic mass is 15.2. The number of anilines is 1. The van der Waals surface area contributed by atoms with Crippen LogP contribution in [-0.4, -0.2) is 38.0 Å². The van der Waals surface area contributed by atoms with Gasteiger partial charge in [-0.1, -0.05) is 6.42 Å². The third-order valence-electron chi connectivity index (χ3n) is 4.11. The Hall–Kier alpha value is -1.95. The zero-order valence-electron chi connectivity index (χ0n) is 12.7. The van der Waals surface area contributed by atoms with Crippen LogP contribution in [0.4, 0.5) is 5.82 Å². The van der Waals surface area contributed by atoms with Crippen LogP contribution in [0.3, 0.4) is 0 Å². The maximum absolute atomic E-state index is 4.72. The molecule has 112 valence electrons. The van der Waals surface area contributed by atoms with Gasteiger partial charge in [0.2, 0.25) is 0 Å². The van der Waals surface area contributed by atoms with Crippen LogP contribution in [0.25, 0.3) is 0 Å². The van der Waals surface area contributed by atoms with Crippen molar-refractivity contribution in [1.82, 2.24) is 24.4 Å². The largest absolute Gasteiger partial charge is 0.362 e. The average molecular weight is 286 g/mol. The molecule has 0 aromatic carbocycles. The highest BCUT2D eigenvalue weighted by molar-refractivity contribution is 5.32. The van der Waals surface area contributed by atoms with Gasteiger partial charge in [0, 0.05) is 19.4 Å². The van der Waals surface area contributed by atoms with Crippen molar-refractivity contribution in [3.63, 3.8) is 0 Å². The van der Waals surface area contributed by atoms with Gasteiger partial charge in [-0.05, 0) is 26.4 Å². The van der Waals surface area contributed by atoms with Crippen molar-refractivity contribution in [3.05, 3.63) is 36.3 Å². The van der Waals surface area contributed by atoms with Gasteiger partial charge in [-0.25, -0.2) is 9.97 Å². The molecule has 21 heavy (non-hydrogen) atoms. The maximum atomic E-state index is 4.72. The quantitative estimate of drug-likeness (QED) is 0.931. The summed E-state index contributed by atoms with van der Waals surface area (Å²) in [5, 5.41) is 3.31. The fourth-order valence-corrected chi connectivity index (χ4v) is 2.81. The molecule has 0 spiro atoms. The highest BCUT2D eigenvalue weighted by Gasteiger charge is 2.22. The van der Waals surface area contributed by atoms with Crippen molar-refractivity contribution >= 4 is 5.82 Å². The van der Waals surface area contributed by atoms with E-state index in [1.165, 1.54) is 12.8 Å². The Kier molecular flexibility index (Phi) is 4.15. The number of rotatable bonds is 4. The number of piperidine rings is 1. The molecule has 1 saturated heterocycles. The van der Waals surface area contributed by atoms with E-state index in [0.29, 0.717) is 12.6 Å². The van der Waals surface area contributed by atoms with E-state index in [1.807, 2.05) is 24.0 Å². The number of hydrogen-bond donors (Lipinski definition) is 1. The first-order chi connectivity index (χ1) is 10.2. The Morgan fingerprint density at radius 2 is 2.19 bits per heavy atom. The first-order valence-corrected chi connectivity index (χ1v) is 7.46. The summed E-state index contributed by atoms with van der Waals surface area (Å²) in [6, 6.07) is 0.390. The van der Waals surface area contributed by atoms with E-state index in [1.54, 1.807) is 12.4 Å². The minimum absolute atomic E-state index is 0.390. The van der Waals surface area contributed by atoms with Crippen molar-refractivity contribution in [1.29, 1.82) is 0 Å². The van der Waals surface area contributed by atoms with Crippen LogP contribution in [0.1, 0.15) is 36.8 Å². The molecule has 0 unspecified atom stereocenters. The molecule has 1 atom stereocenters. The number of aromatic nitrogens is 4. The van der Waals surface area contributed by atoms with Gasteiger partial charge in [0.15, 0.2) is 0 Å². The summed E-state index contributed by atoms with van der Waals surface area (Å²) in [7, 11) is 4.16. The number of hydrogen-bond acceptors (Lipinski definition) is 5. The van der Waals surface area contributed by atoms with Crippen molar-refractivity contribution in [2.24, 2.45) is 7.05 Å². The summed E-state index contributed by atoms with van der Waals surface area (Å²) in [5.74, 6) is 1.80. The number of imidazole rings is 1. The Labute approximate surface area is 125 Å². The SMILES string of the molecule is CN1CCCC[C@@H]1c1cncc(NCc2nccn2C)n1. The number of likely N-dealkylation sites (tertiary alicyclic amines) is 1. The summed E-state index contributed by atoms with van der Waals surface area (Å²) < 4.78 is 2.00. The molecule has 0 aliphatic carbocycles. The van der Waals surface area contributed by atoms with Crippen molar-refractivity contribution in [2.75, 3.05) is 18.9 Å². The molecule has 1 aliphatic heterocycles. The predicted molar refractivity (Wildman–Crippen MR) is 81.8 cm³/mol. The van der Waals surface area contributed by atoms with E-state index in [2.05, 4.69) is 27.2 Å². The molecule has 1 aliphatic rings. The Bertz CT molecular complexity index is 593. The number of nitrogens with one attached hydrogen (secondary N) is 1. The molecule has 2 aromatic rings. The highest BCUT2D eigenvalue weighted by Crippen LogP contribution is 2.28. The van der Waals surface area contributed by atoms with Gasteiger partial charge in [-0.3, -0.25) is 9.88 Å². The molecular formula is C15H22N6. The molecule has 1 fully saturated rings. The maximum Gasteiger partial charge on any atom is 0.145 e. The fraction of sp³-hybridized carbons (Fsp3) is 0.533. The molecule has 0 saturated carbocycles. The Balaban J connectivity index is 1.69. The molecule has 0 bridgehead atoms. The molecule has 6 heteroatoms. The van der Waals surface area contributed by atoms with Gasteiger partial charge in [-0.2, -0.15) is 0 Å². The van der Waals surface area contributed by atoms with Crippen molar-refractivity contribution in [2.45, 2.75) is 31.8 Å². The Morgan fingerprint density at radius 3 is 2.95 bits per heavy atom. The second kappa shape index (κ2) is 6.22. The minimum Gasteiger partial charge on any atom is -0.362 e. The van der Waals surface area contributed by atoms with Crippen molar-refractivity contribution < 1.29 is 0 Å². The van der Waals surface area contributed by atoms with Crippen LogP contribution in [0, 0.1) is 0 Å².